The second kappa shape index (κ2) is 8.90. The lowest BCUT2D eigenvalue weighted by atomic mass is 10.00. The molecule has 0 aliphatic heterocycles. The third-order valence-electron chi connectivity index (χ3n) is 3.88. The number of halogens is 1. The summed E-state index contributed by atoms with van der Waals surface area (Å²) in [6.45, 7) is 6.24. The van der Waals surface area contributed by atoms with Gasteiger partial charge in [0.05, 0.1) is 12.0 Å². The van der Waals surface area contributed by atoms with Crippen LogP contribution in [0.3, 0.4) is 0 Å². The minimum atomic E-state index is -0.111. The standard InChI is InChI=1S/C19H21ClN2OS/c1-13-7-8-17(15(3)14(13)2)10-21-22-19(23)12-24-11-16-5-4-6-18(20)9-16/h4-10H,11-12H2,1-3H3,(H,22,23)/b21-10-. The molecule has 1 amide bonds. The molecule has 0 saturated heterocycles. The highest BCUT2D eigenvalue weighted by molar-refractivity contribution is 7.99. The Morgan fingerprint density at radius 3 is 2.75 bits per heavy atom. The molecule has 5 heteroatoms. The van der Waals surface area contributed by atoms with Crippen molar-refractivity contribution in [2.75, 3.05) is 5.75 Å². The zero-order valence-corrected chi connectivity index (χ0v) is 15.7. The summed E-state index contributed by atoms with van der Waals surface area (Å²) in [4.78, 5) is 11.8. The fourth-order valence-electron chi connectivity index (χ4n) is 2.21. The Hall–Kier alpha value is -1.78. The Morgan fingerprint density at radius 1 is 1.21 bits per heavy atom. The molecule has 0 spiro atoms. The Morgan fingerprint density at radius 2 is 2.00 bits per heavy atom. The van der Waals surface area contributed by atoms with Crippen molar-refractivity contribution in [3.63, 3.8) is 0 Å². The highest BCUT2D eigenvalue weighted by Crippen LogP contribution is 2.17. The summed E-state index contributed by atoms with van der Waals surface area (Å²) in [6.07, 6.45) is 1.70. The number of hydrogen-bond donors (Lipinski definition) is 1. The lowest BCUT2D eigenvalue weighted by Gasteiger charge is -2.07. The van der Waals surface area contributed by atoms with E-state index in [1.807, 2.05) is 30.3 Å². The maximum atomic E-state index is 11.8. The molecule has 2 aromatic carbocycles. The maximum Gasteiger partial charge on any atom is 0.250 e. The molecule has 0 atom stereocenters. The van der Waals surface area contributed by atoms with E-state index in [1.165, 1.54) is 28.5 Å². The highest BCUT2D eigenvalue weighted by Gasteiger charge is 2.03. The number of benzene rings is 2. The van der Waals surface area contributed by atoms with E-state index < -0.39 is 0 Å². The van der Waals surface area contributed by atoms with Gasteiger partial charge in [-0.05, 0) is 60.7 Å². The van der Waals surface area contributed by atoms with Crippen molar-refractivity contribution in [3.05, 3.63) is 69.2 Å². The van der Waals surface area contributed by atoms with Crippen LogP contribution in [0.4, 0.5) is 0 Å². The number of hydrazone groups is 1. The van der Waals surface area contributed by atoms with Crippen LogP contribution in [0.5, 0.6) is 0 Å². The fraction of sp³-hybridized carbons (Fsp3) is 0.263. The molecule has 0 aliphatic rings. The van der Waals surface area contributed by atoms with Gasteiger partial charge in [0.2, 0.25) is 5.91 Å². The van der Waals surface area contributed by atoms with Crippen molar-refractivity contribution >= 4 is 35.5 Å². The lowest BCUT2D eigenvalue weighted by molar-refractivity contribution is -0.118. The Balaban J connectivity index is 1.80. The normalized spacial score (nSPS) is 11.0. The van der Waals surface area contributed by atoms with Gasteiger partial charge in [0.1, 0.15) is 0 Å². The van der Waals surface area contributed by atoms with E-state index in [1.54, 1.807) is 6.21 Å². The summed E-state index contributed by atoms with van der Waals surface area (Å²) in [5.41, 5.74) is 8.39. The average Bonchev–Trinajstić information content (AvgIpc) is 2.55. The zero-order valence-electron chi connectivity index (χ0n) is 14.1. The summed E-state index contributed by atoms with van der Waals surface area (Å²) in [5.74, 6) is 0.990. The number of aryl methyl sites for hydroxylation is 1. The molecule has 24 heavy (non-hydrogen) atoms. The Bertz CT molecular complexity index is 759. The van der Waals surface area contributed by atoms with Crippen LogP contribution in [0.25, 0.3) is 0 Å². The van der Waals surface area contributed by atoms with Crippen molar-refractivity contribution < 1.29 is 4.79 Å². The monoisotopic (exact) mass is 360 g/mol. The number of nitrogens with one attached hydrogen (secondary N) is 1. The molecule has 0 radical (unpaired) electrons. The number of nitrogens with zero attached hydrogens (tertiary/aromatic N) is 1. The molecule has 0 heterocycles. The largest absolute Gasteiger partial charge is 0.272 e. The molecule has 1 N–H and O–H groups in total. The third-order valence-corrected chi connectivity index (χ3v) is 5.12. The van der Waals surface area contributed by atoms with Gasteiger partial charge in [-0.25, -0.2) is 5.43 Å². The molecule has 2 aromatic rings. The second-order valence-corrected chi connectivity index (χ2v) is 7.06. The minimum Gasteiger partial charge on any atom is -0.272 e. The van der Waals surface area contributed by atoms with Gasteiger partial charge < -0.3 is 0 Å². The third kappa shape index (κ3) is 5.39. The minimum absolute atomic E-state index is 0.111. The first-order valence-corrected chi connectivity index (χ1v) is 9.21. The molecule has 0 unspecified atom stereocenters. The van der Waals surface area contributed by atoms with Crippen LogP contribution < -0.4 is 5.43 Å². The summed E-state index contributed by atoms with van der Waals surface area (Å²) in [6, 6.07) is 11.7. The average molecular weight is 361 g/mol. The van der Waals surface area contributed by atoms with Crippen molar-refractivity contribution in [1.29, 1.82) is 0 Å². The zero-order chi connectivity index (χ0) is 17.5. The van der Waals surface area contributed by atoms with Gasteiger partial charge in [0, 0.05) is 10.8 Å². The van der Waals surface area contributed by atoms with Crippen LogP contribution in [-0.4, -0.2) is 17.9 Å². The Kier molecular flexibility index (Phi) is 6.88. The summed E-state index contributed by atoms with van der Waals surface area (Å²) < 4.78 is 0. The van der Waals surface area contributed by atoms with E-state index in [0.717, 1.165) is 16.9 Å². The molecule has 0 bridgehead atoms. The maximum absolute atomic E-state index is 11.8. The van der Waals surface area contributed by atoms with Crippen molar-refractivity contribution in [3.8, 4) is 0 Å². The van der Waals surface area contributed by atoms with E-state index >= 15 is 0 Å². The highest BCUT2D eigenvalue weighted by atomic mass is 35.5. The quantitative estimate of drug-likeness (QED) is 0.601. The van der Waals surface area contributed by atoms with Gasteiger partial charge in [-0.3, -0.25) is 4.79 Å². The first-order valence-electron chi connectivity index (χ1n) is 7.68. The molecule has 3 nitrogen and oxygen atoms in total. The molecule has 0 saturated carbocycles. The van der Waals surface area contributed by atoms with Gasteiger partial charge in [0.25, 0.3) is 0 Å². The summed E-state index contributed by atoms with van der Waals surface area (Å²) in [5, 5.41) is 4.77. The first kappa shape index (κ1) is 18.6. The second-order valence-electron chi connectivity index (χ2n) is 5.64. The predicted molar refractivity (Wildman–Crippen MR) is 104 cm³/mol. The van der Waals surface area contributed by atoms with Gasteiger partial charge in [-0.1, -0.05) is 35.9 Å². The van der Waals surface area contributed by atoms with Crippen LogP contribution in [0.15, 0.2) is 41.5 Å². The van der Waals surface area contributed by atoms with Crippen LogP contribution in [-0.2, 0) is 10.5 Å². The molecule has 0 fully saturated rings. The predicted octanol–water partition coefficient (Wildman–Crippen LogP) is 4.65. The van der Waals surface area contributed by atoms with E-state index in [9.17, 15) is 4.79 Å². The molecule has 126 valence electrons. The van der Waals surface area contributed by atoms with E-state index in [2.05, 4.69) is 37.4 Å². The Labute approximate surface area is 152 Å². The van der Waals surface area contributed by atoms with E-state index in [-0.39, 0.29) is 5.91 Å². The first-order chi connectivity index (χ1) is 11.5. The SMILES string of the molecule is Cc1ccc(/C=N\NC(=O)CSCc2cccc(Cl)c2)c(C)c1C. The smallest absolute Gasteiger partial charge is 0.250 e. The van der Waals surface area contributed by atoms with Crippen LogP contribution >= 0.6 is 23.4 Å². The van der Waals surface area contributed by atoms with Crippen LogP contribution in [0.1, 0.15) is 27.8 Å². The molecular formula is C19H21ClN2OS. The fourth-order valence-corrected chi connectivity index (χ4v) is 3.19. The molecule has 0 aliphatic carbocycles. The number of carbonyl (C=O) groups excluding carboxylic acids is 1. The molecular weight excluding hydrogens is 340 g/mol. The number of rotatable bonds is 6. The molecule has 2 rings (SSSR count). The van der Waals surface area contributed by atoms with E-state index in [4.69, 9.17) is 11.6 Å². The lowest BCUT2D eigenvalue weighted by Crippen LogP contribution is -2.19. The van der Waals surface area contributed by atoms with Crippen LogP contribution in [0.2, 0.25) is 5.02 Å². The van der Waals surface area contributed by atoms with Gasteiger partial charge in [-0.15, -0.1) is 11.8 Å². The number of carbonyl (C=O) groups is 1. The van der Waals surface area contributed by atoms with Crippen LogP contribution in [0, 0.1) is 20.8 Å². The van der Waals surface area contributed by atoms with Gasteiger partial charge >= 0.3 is 0 Å². The number of hydrogen-bond acceptors (Lipinski definition) is 3. The topological polar surface area (TPSA) is 41.5 Å². The molecule has 0 aromatic heterocycles. The summed E-state index contributed by atoms with van der Waals surface area (Å²) in [7, 11) is 0. The van der Waals surface area contributed by atoms with Gasteiger partial charge in [-0.2, -0.15) is 5.10 Å². The number of thioether (sulfide) groups is 1. The van der Waals surface area contributed by atoms with Gasteiger partial charge in [0.15, 0.2) is 0 Å². The van der Waals surface area contributed by atoms with Crippen molar-refractivity contribution in [2.24, 2.45) is 5.10 Å². The van der Waals surface area contributed by atoms with Crippen molar-refractivity contribution in [1.82, 2.24) is 5.43 Å². The van der Waals surface area contributed by atoms with E-state index in [0.29, 0.717) is 10.8 Å². The number of amides is 1. The van der Waals surface area contributed by atoms with Crippen molar-refractivity contribution in [2.45, 2.75) is 26.5 Å². The summed E-state index contributed by atoms with van der Waals surface area (Å²) >= 11 is 7.47.